The normalized spacial score (nSPS) is 11.8. The van der Waals surface area contributed by atoms with Crippen molar-refractivity contribution in [3.8, 4) is 0 Å². The molecule has 20 heavy (non-hydrogen) atoms. The maximum atomic E-state index is 11.5. The van der Waals surface area contributed by atoms with Gasteiger partial charge in [-0.25, -0.2) is 4.79 Å². The molecule has 1 rings (SSSR count). The van der Waals surface area contributed by atoms with E-state index >= 15 is 0 Å². The highest BCUT2D eigenvalue weighted by Crippen LogP contribution is 2.25. The molecule has 0 aromatic heterocycles. The van der Waals surface area contributed by atoms with Gasteiger partial charge in [0.05, 0.1) is 29.8 Å². The first-order chi connectivity index (χ1) is 9.49. The lowest BCUT2D eigenvalue weighted by atomic mass is 10.1. The number of carbonyl (C=O) groups is 1. The van der Waals surface area contributed by atoms with Gasteiger partial charge in [0.1, 0.15) is 5.69 Å². The first kappa shape index (κ1) is 15.9. The molecule has 0 aliphatic rings. The van der Waals surface area contributed by atoms with Crippen molar-refractivity contribution >= 4 is 17.3 Å². The van der Waals surface area contributed by atoms with Crippen molar-refractivity contribution in [2.75, 3.05) is 25.1 Å². The Balaban J connectivity index is 2.96. The van der Waals surface area contributed by atoms with Crippen molar-refractivity contribution in [2.45, 2.75) is 13.0 Å². The zero-order chi connectivity index (χ0) is 15.1. The minimum atomic E-state index is -1.03. The van der Waals surface area contributed by atoms with Crippen LogP contribution in [-0.4, -0.2) is 47.0 Å². The molecule has 0 saturated heterocycles. The Morgan fingerprint density at radius 1 is 1.55 bits per heavy atom. The van der Waals surface area contributed by atoms with Gasteiger partial charge < -0.3 is 20.3 Å². The van der Waals surface area contributed by atoms with Crippen LogP contribution in [0.5, 0.6) is 0 Å². The van der Waals surface area contributed by atoms with Crippen LogP contribution in [0.3, 0.4) is 0 Å². The lowest BCUT2D eigenvalue weighted by Gasteiger charge is -2.11. The summed E-state index contributed by atoms with van der Waals surface area (Å²) in [6, 6.07) is 3.85. The third-order valence-corrected chi connectivity index (χ3v) is 2.44. The zero-order valence-corrected chi connectivity index (χ0v) is 10.9. The molecule has 0 saturated carbocycles. The van der Waals surface area contributed by atoms with Gasteiger partial charge in [-0.1, -0.05) is 0 Å². The van der Waals surface area contributed by atoms with Crippen LogP contribution in [0, 0.1) is 10.1 Å². The van der Waals surface area contributed by atoms with E-state index in [0.717, 1.165) is 6.07 Å². The largest absolute Gasteiger partial charge is 0.462 e. The van der Waals surface area contributed by atoms with E-state index in [1.54, 1.807) is 6.92 Å². The molecule has 110 valence electrons. The summed E-state index contributed by atoms with van der Waals surface area (Å²) >= 11 is 0. The number of rotatable bonds is 7. The summed E-state index contributed by atoms with van der Waals surface area (Å²) in [7, 11) is 0. The van der Waals surface area contributed by atoms with E-state index in [1.807, 2.05) is 0 Å². The number of nitro groups is 1. The second-order valence-electron chi connectivity index (χ2n) is 3.93. The van der Waals surface area contributed by atoms with Gasteiger partial charge in [-0.15, -0.1) is 0 Å². The fraction of sp³-hybridized carbons (Fsp3) is 0.417. The molecule has 0 aliphatic carbocycles. The molecule has 1 aromatic carbocycles. The number of nitro benzene ring substituents is 1. The molecule has 0 radical (unpaired) electrons. The molecular weight excluding hydrogens is 268 g/mol. The summed E-state index contributed by atoms with van der Waals surface area (Å²) in [5.74, 6) is -0.641. The zero-order valence-electron chi connectivity index (χ0n) is 10.9. The van der Waals surface area contributed by atoms with E-state index in [2.05, 4.69) is 5.32 Å². The Bertz CT molecular complexity index is 491. The Morgan fingerprint density at radius 3 is 2.80 bits per heavy atom. The molecule has 1 aromatic rings. The van der Waals surface area contributed by atoms with E-state index in [1.165, 1.54) is 12.1 Å². The van der Waals surface area contributed by atoms with Gasteiger partial charge in [0.25, 0.3) is 5.69 Å². The number of ether oxygens (including phenoxy) is 1. The van der Waals surface area contributed by atoms with Crippen LogP contribution in [0.25, 0.3) is 0 Å². The highest BCUT2D eigenvalue weighted by molar-refractivity contribution is 5.91. The molecule has 0 fully saturated rings. The number of nitrogens with one attached hydrogen (secondary N) is 1. The Morgan fingerprint density at radius 2 is 2.25 bits per heavy atom. The number of esters is 1. The maximum absolute atomic E-state index is 11.5. The van der Waals surface area contributed by atoms with Crippen molar-refractivity contribution < 1.29 is 24.7 Å². The number of aliphatic hydroxyl groups excluding tert-OH is 2. The van der Waals surface area contributed by atoms with E-state index in [9.17, 15) is 20.0 Å². The topological polar surface area (TPSA) is 122 Å². The molecule has 1 atom stereocenters. The molecule has 0 bridgehead atoms. The van der Waals surface area contributed by atoms with Crippen molar-refractivity contribution in [1.29, 1.82) is 0 Å². The Hall–Kier alpha value is -2.19. The van der Waals surface area contributed by atoms with Crippen LogP contribution in [0.1, 0.15) is 17.3 Å². The third-order valence-electron chi connectivity index (χ3n) is 2.44. The van der Waals surface area contributed by atoms with Gasteiger partial charge in [-0.05, 0) is 19.1 Å². The summed E-state index contributed by atoms with van der Waals surface area (Å²) in [6.07, 6.45) is -1.03. The average Bonchev–Trinajstić information content (AvgIpc) is 2.44. The van der Waals surface area contributed by atoms with E-state index < -0.39 is 23.6 Å². The summed E-state index contributed by atoms with van der Waals surface area (Å²) in [5.41, 5.74) is -0.0805. The van der Waals surface area contributed by atoms with Crippen molar-refractivity contribution in [3.05, 3.63) is 33.9 Å². The fourth-order valence-electron chi connectivity index (χ4n) is 1.47. The first-order valence-corrected chi connectivity index (χ1v) is 5.98. The standard InChI is InChI=1S/C12H16N2O6/c1-2-20-12(17)8-3-4-10(11(5-8)14(18)19)13-6-9(16)7-15/h3-5,9,13,15-16H,2,6-7H2,1H3. The highest BCUT2D eigenvalue weighted by atomic mass is 16.6. The smallest absolute Gasteiger partial charge is 0.338 e. The molecule has 3 N–H and O–H groups in total. The van der Waals surface area contributed by atoms with Crippen LogP contribution >= 0.6 is 0 Å². The minimum absolute atomic E-state index is 0.0455. The number of hydrogen-bond acceptors (Lipinski definition) is 7. The average molecular weight is 284 g/mol. The molecule has 0 amide bonds. The number of hydrogen-bond donors (Lipinski definition) is 3. The molecular formula is C12H16N2O6. The quantitative estimate of drug-likeness (QED) is 0.379. The van der Waals surface area contributed by atoms with E-state index in [4.69, 9.17) is 9.84 Å². The number of nitrogens with zero attached hydrogens (tertiary/aromatic N) is 1. The van der Waals surface area contributed by atoms with E-state index in [-0.39, 0.29) is 30.1 Å². The van der Waals surface area contributed by atoms with Crippen LogP contribution in [0.4, 0.5) is 11.4 Å². The van der Waals surface area contributed by atoms with Crippen molar-refractivity contribution in [1.82, 2.24) is 0 Å². The summed E-state index contributed by atoms with van der Waals surface area (Å²) in [5, 5.41) is 31.5. The van der Waals surface area contributed by atoms with Gasteiger partial charge in [0, 0.05) is 12.6 Å². The lowest BCUT2D eigenvalue weighted by Crippen LogP contribution is -2.23. The van der Waals surface area contributed by atoms with Crippen molar-refractivity contribution in [2.24, 2.45) is 0 Å². The maximum Gasteiger partial charge on any atom is 0.338 e. The summed E-state index contributed by atoms with van der Waals surface area (Å²) in [4.78, 5) is 21.8. The second-order valence-corrected chi connectivity index (χ2v) is 3.93. The van der Waals surface area contributed by atoms with Gasteiger partial charge >= 0.3 is 5.97 Å². The molecule has 0 spiro atoms. The van der Waals surface area contributed by atoms with Crippen LogP contribution in [0.15, 0.2) is 18.2 Å². The Labute approximate surface area is 115 Å². The first-order valence-electron chi connectivity index (χ1n) is 5.98. The monoisotopic (exact) mass is 284 g/mol. The van der Waals surface area contributed by atoms with Gasteiger partial charge in [0.15, 0.2) is 0 Å². The number of carbonyl (C=O) groups excluding carboxylic acids is 1. The molecule has 0 heterocycles. The Kier molecular flexibility index (Phi) is 5.88. The van der Waals surface area contributed by atoms with Crippen LogP contribution < -0.4 is 5.32 Å². The third kappa shape index (κ3) is 4.18. The summed E-state index contributed by atoms with van der Waals surface area (Å²) < 4.78 is 4.76. The van der Waals surface area contributed by atoms with Crippen LogP contribution in [-0.2, 0) is 4.74 Å². The van der Waals surface area contributed by atoms with Gasteiger partial charge in [-0.3, -0.25) is 10.1 Å². The number of anilines is 1. The fourth-order valence-corrected chi connectivity index (χ4v) is 1.47. The summed E-state index contributed by atoms with van der Waals surface area (Å²) in [6.45, 7) is 1.31. The second kappa shape index (κ2) is 7.41. The molecule has 1 unspecified atom stereocenters. The van der Waals surface area contributed by atoms with Gasteiger partial charge in [0.2, 0.25) is 0 Å². The van der Waals surface area contributed by atoms with Crippen LogP contribution in [0.2, 0.25) is 0 Å². The molecule has 8 nitrogen and oxygen atoms in total. The SMILES string of the molecule is CCOC(=O)c1ccc(NCC(O)CO)c([N+](=O)[O-])c1. The van der Waals surface area contributed by atoms with Crippen molar-refractivity contribution in [3.63, 3.8) is 0 Å². The molecule has 0 aliphatic heterocycles. The predicted octanol–water partition coefficient (Wildman–Crippen LogP) is 0.537. The highest BCUT2D eigenvalue weighted by Gasteiger charge is 2.18. The van der Waals surface area contributed by atoms with Gasteiger partial charge in [-0.2, -0.15) is 0 Å². The number of benzene rings is 1. The number of aliphatic hydroxyl groups is 2. The minimum Gasteiger partial charge on any atom is -0.462 e. The molecule has 8 heteroatoms. The predicted molar refractivity (Wildman–Crippen MR) is 70.6 cm³/mol. The van der Waals surface area contributed by atoms with E-state index in [0.29, 0.717) is 0 Å². The lowest BCUT2D eigenvalue weighted by molar-refractivity contribution is -0.384.